The van der Waals surface area contributed by atoms with Gasteiger partial charge in [0.05, 0.1) is 5.38 Å². The third-order valence-corrected chi connectivity index (χ3v) is 3.75. The lowest BCUT2D eigenvalue weighted by Crippen LogP contribution is -2.09. The molecule has 106 valence electrons. The van der Waals surface area contributed by atoms with Crippen LogP contribution in [0.3, 0.4) is 0 Å². The van der Waals surface area contributed by atoms with Crippen molar-refractivity contribution in [1.82, 2.24) is 0 Å². The molecule has 2 rings (SSSR count). The van der Waals surface area contributed by atoms with E-state index in [2.05, 4.69) is 0 Å². The van der Waals surface area contributed by atoms with Gasteiger partial charge < -0.3 is 9.79 Å². The number of hydrogen-bond acceptors (Lipinski definition) is 2. The standard InChI is InChI=1S/C14H14ClO4P/c15-13(11-7-3-1-4-8-11)14(19-20(16,17)18)12-9-5-2-6-10-12/h1-10,13-14H,(H2,16,17,18). The molecular weight excluding hydrogens is 299 g/mol. The molecule has 0 saturated heterocycles. The summed E-state index contributed by atoms with van der Waals surface area (Å²) in [4.78, 5) is 18.2. The Kier molecular flexibility index (Phi) is 4.97. The lowest BCUT2D eigenvalue weighted by Gasteiger charge is -2.23. The van der Waals surface area contributed by atoms with E-state index >= 15 is 0 Å². The lowest BCUT2D eigenvalue weighted by molar-refractivity contribution is 0.130. The van der Waals surface area contributed by atoms with Gasteiger partial charge in [0.25, 0.3) is 0 Å². The molecule has 0 fully saturated rings. The Morgan fingerprint density at radius 2 is 1.35 bits per heavy atom. The van der Waals surface area contributed by atoms with E-state index in [1.165, 1.54) is 0 Å². The van der Waals surface area contributed by atoms with Gasteiger partial charge in [-0.15, -0.1) is 11.6 Å². The summed E-state index contributed by atoms with van der Waals surface area (Å²) >= 11 is 6.34. The fourth-order valence-corrected chi connectivity index (χ4v) is 2.84. The zero-order valence-corrected chi connectivity index (χ0v) is 12.1. The monoisotopic (exact) mass is 312 g/mol. The van der Waals surface area contributed by atoms with Crippen molar-refractivity contribution in [3.8, 4) is 0 Å². The van der Waals surface area contributed by atoms with Gasteiger partial charge >= 0.3 is 7.82 Å². The molecule has 20 heavy (non-hydrogen) atoms. The van der Waals surface area contributed by atoms with Crippen LogP contribution >= 0.6 is 19.4 Å². The van der Waals surface area contributed by atoms with Gasteiger partial charge in [-0.05, 0) is 11.1 Å². The number of hydrogen-bond donors (Lipinski definition) is 2. The summed E-state index contributed by atoms with van der Waals surface area (Å²) in [6.45, 7) is 0. The van der Waals surface area contributed by atoms with Crippen LogP contribution in [0.5, 0.6) is 0 Å². The molecule has 4 nitrogen and oxygen atoms in total. The normalized spacial score (nSPS) is 14.8. The average Bonchev–Trinajstić information content (AvgIpc) is 2.45. The van der Waals surface area contributed by atoms with E-state index < -0.39 is 19.3 Å². The van der Waals surface area contributed by atoms with E-state index in [0.29, 0.717) is 5.56 Å². The lowest BCUT2D eigenvalue weighted by atomic mass is 10.0. The Labute approximate surface area is 122 Å². The van der Waals surface area contributed by atoms with Crippen LogP contribution in [0.2, 0.25) is 0 Å². The average molecular weight is 313 g/mol. The second-order valence-corrected chi connectivity index (χ2v) is 5.90. The van der Waals surface area contributed by atoms with Crippen molar-refractivity contribution in [3.05, 3.63) is 71.8 Å². The maximum atomic E-state index is 11.2. The van der Waals surface area contributed by atoms with Gasteiger partial charge in [-0.1, -0.05) is 60.7 Å². The molecule has 6 heteroatoms. The quantitative estimate of drug-likeness (QED) is 0.650. The van der Waals surface area contributed by atoms with Crippen molar-refractivity contribution in [2.45, 2.75) is 11.5 Å². The fourth-order valence-electron chi connectivity index (χ4n) is 1.89. The molecule has 0 spiro atoms. The minimum atomic E-state index is -4.65. The smallest absolute Gasteiger partial charge is 0.303 e. The maximum absolute atomic E-state index is 11.2. The molecule has 0 heterocycles. The molecule has 2 aromatic carbocycles. The van der Waals surface area contributed by atoms with Gasteiger partial charge in [-0.25, -0.2) is 4.57 Å². The van der Waals surface area contributed by atoms with E-state index in [1.807, 2.05) is 24.3 Å². The predicted molar refractivity (Wildman–Crippen MR) is 77.3 cm³/mol. The van der Waals surface area contributed by atoms with Gasteiger partial charge in [0.2, 0.25) is 0 Å². The summed E-state index contributed by atoms with van der Waals surface area (Å²) in [5.74, 6) is 0. The number of halogens is 1. The molecule has 0 saturated carbocycles. The highest BCUT2D eigenvalue weighted by atomic mass is 35.5. The number of phosphoric ester groups is 1. The van der Waals surface area contributed by atoms with Gasteiger partial charge in [-0.3, -0.25) is 4.52 Å². The van der Waals surface area contributed by atoms with E-state index in [9.17, 15) is 4.57 Å². The zero-order chi connectivity index (χ0) is 14.6. The van der Waals surface area contributed by atoms with E-state index in [4.69, 9.17) is 25.9 Å². The fraction of sp³-hybridized carbons (Fsp3) is 0.143. The van der Waals surface area contributed by atoms with Crippen molar-refractivity contribution in [1.29, 1.82) is 0 Å². The highest BCUT2D eigenvalue weighted by Crippen LogP contribution is 2.48. The highest BCUT2D eigenvalue weighted by molar-refractivity contribution is 7.46. The first-order valence-corrected chi connectivity index (χ1v) is 7.92. The van der Waals surface area contributed by atoms with Crippen LogP contribution < -0.4 is 0 Å². The van der Waals surface area contributed by atoms with Crippen molar-refractivity contribution in [3.63, 3.8) is 0 Å². The molecule has 2 atom stereocenters. The second kappa shape index (κ2) is 6.53. The van der Waals surface area contributed by atoms with Gasteiger partial charge in [0.15, 0.2) is 0 Å². The van der Waals surface area contributed by atoms with Crippen LogP contribution in [-0.4, -0.2) is 9.79 Å². The Morgan fingerprint density at radius 1 is 0.900 bits per heavy atom. The molecule has 0 aliphatic heterocycles. The van der Waals surface area contributed by atoms with Gasteiger partial charge in [-0.2, -0.15) is 0 Å². The van der Waals surface area contributed by atoms with Crippen molar-refractivity contribution in [2.75, 3.05) is 0 Å². The third-order valence-electron chi connectivity index (χ3n) is 2.76. The first-order valence-electron chi connectivity index (χ1n) is 5.95. The molecule has 0 radical (unpaired) electrons. The molecule has 0 aliphatic carbocycles. The number of benzene rings is 2. The van der Waals surface area contributed by atoms with Crippen molar-refractivity contribution >= 4 is 19.4 Å². The SMILES string of the molecule is O=P(O)(O)OC(c1ccccc1)C(Cl)c1ccccc1. The Hall–Kier alpha value is -1.16. The summed E-state index contributed by atoms with van der Waals surface area (Å²) < 4.78 is 16.0. The number of alkyl halides is 1. The second-order valence-electron chi connectivity index (χ2n) is 4.24. The molecule has 2 N–H and O–H groups in total. The molecule has 0 bridgehead atoms. The molecule has 2 aromatic rings. The molecular formula is C14H14ClO4P. The first-order chi connectivity index (χ1) is 9.47. The van der Waals surface area contributed by atoms with E-state index in [-0.39, 0.29) is 0 Å². The summed E-state index contributed by atoms with van der Waals surface area (Å²) in [5.41, 5.74) is 1.34. The minimum Gasteiger partial charge on any atom is -0.303 e. The molecule has 0 aliphatic rings. The first kappa shape index (κ1) is 15.2. The largest absolute Gasteiger partial charge is 0.470 e. The third kappa shape index (κ3) is 4.17. The van der Waals surface area contributed by atoms with Crippen molar-refractivity contribution < 1.29 is 18.9 Å². The predicted octanol–water partition coefficient (Wildman–Crippen LogP) is 3.82. The summed E-state index contributed by atoms with van der Waals surface area (Å²) in [7, 11) is -4.65. The van der Waals surface area contributed by atoms with Crippen LogP contribution in [0, 0.1) is 0 Å². The molecule has 0 amide bonds. The summed E-state index contributed by atoms with van der Waals surface area (Å²) in [6, 6.07) is 17.8. The van der Waals surface area contributed by atoms with Crippen LogP contribution in [0.25, 0.3) is 0 Å². The van der Waals surface area contributed by atoms with E-state index in [0.717, 1.165) is 5.56 Å². The molecule has 2 unspecified atom stereocenters. The van der Waals surface area contributed by atoms with Crippen LogP contribution in [0.4, 0.5) is 0 Å². The number of phosphoric acid groups is 1. The zero-order valence-electron chi connectivity index (χ0n) is 10.5. The van der Waals surface area contributed by atoms with Crippen LogP contribution in [0.15, 0.2) is 60.7 Å². The topological polar surface area (TPSA) is 66.8 Å². The Morgan fingerprint density at radius 3 is 1.80 bits per heavy atom. The van der Waals surface area contributed by atoms with E-state index in [1.54, 1.807) is 36.4 Å². The van der Waals surface area contributed by atoms with Gasteiger partial charge in [0.1, 0.15) is 6.10 Å². The maximum Gasteiger partial charge on any atom is 0.470 e. The minimum absolute atomic E-state index is 0.611. The van der Waals surface area contributed by atoms with Crippen LogP contribution in [0.1, 0.15) is 22.6 Å². The van der Waals surface area contributed by atoms with Gasteiger partial charge in [0, 0.05) is 0 Å². The Balaban J connectivity index is 2.34. The Bertz CT molecular complexity index is 585. The summed E-state index contributed by atoms with van der Waals surface area (Å²) in [5, 5.41) is -0.703. The molecule has 0 aromatic heterocycles. The van der Waals surface area contributed by atoms with Crippen LogP contribution in [-0.2, 0) is 9.09 Å². The summed E-state index contributed by atoms with van der Waals surface area (Å²) in [6.07, 6.45) is -0.930. The van der Waals surface area contributed by atoms with Crippen molar-refractivity contribution in [2.24, 2.45) is 0 Å². The highest BCUT2D eigenvalue weighted by Gasteiger charge is 2.30. The number of rotatable bonds is 5.